The maximum absolute atomic E-state index is 13.2. The summed E-state index contributed by atoms with van der Waals surface area (Å²) in [6.45, 7) is 2.78. The van der Waals surface area contributed by atoms with Crippen molar-refractivity contribution in [3.8, 4) is 0 Å². The van der Waals surface area contributed by atoms with Gasteiger partial charge in [-0.25, -0.2) is 0 Å². The Morgan fingerprint density at radius 1 is 0.473 bits per heavy atom. The summed E-state index contributed by atoms with van der Waals surface area (Å²) in [7, 11) is 0. The third-order valence-electron chi connectivity index (χ3n) is 15.1. The highest BCUT2D eigenvalue weighted by molar-refractivity contribution is 5.76. The number of ether oxygens (including phenoxy) is 4. The van der Waals surface area contributed by atoms with Crippen LogP contribution in [0.25, 0.3) is 0 Å². The van der Waals surface area contributed by atoms with E-state index in [-0.39, 0.29) is 18.9 Å². The molecular formula is C60H113NO13. The summed E-state index contributed by atoms with van der Waals surface area (Å²) in [5.74, 6) is -0.245. The number of aliphatic hydroxyl groups is 8. The molecule has 2 rings (SSSR count). The molecule has 0 aromatic rings. The number of carbonyl (C=O) groups is 1. The Bertz CT molecular complexity index is 1340. The first-order valence-corrected chi connectivity index (χ1v) is 30.6. The zero-order valence-corrected chi connectivity index (χ0v) is 46.8. The molecule has 0 saturated carbocycles. The molecule has 14 nitrogen and oxygen atoms in total. The van der Waals surface area contributed by atoms with E-state index in [4.69, 9.17) is 18.9 Å². The Kier molecular flexibility index (Phi) is 43.0. The van der Waals surface area contributed by atoms with Gasteiger partial charge in [0.2, 0.25) is 5.91 Å². The van der Waals surface area contributed by atoms with E-state index in [1.807, 2.05) is 6.08 Å². The number of carbonyl (C=O) groups excluding carboxylic acids is 1. The smallest absolute Gasteiger partial charge is 0.220 e. The topological polar surface area (TPSA) is 228 Å². The minimum absolute atomic E-state index is 0.245. The van der Waals surface area contributed by atoms with Gasteiger partial charge in [-0.1, -0.05) is 244 Å². The first kappa shape index (κ1) is 68.6. The van der Waals surface area contributed by atoms with Crippen LogP contribution in [0.4, 0.5) is 0 Å². The lowest BCUT2D eigenvalue weighted by Crippen LogP contribution is -2.65. The van der Waals surface area contributed by atoms with Gasteiger partial charge in [-0.05, 0) is 32.1 Å². The van der Waals surface area contributed by atoms with Gasteiger partial charge in [-0.3, -0.25) is 4.79 Å². The molecule has 2 aliphatic heterocycles. The van der Waals surface area contributed by atoms with Gasteiger partial charge >= 0.3 is 0 Å². The number of rotatable bonds is 49. The largest absolute Gasteiger partial charge is 0.394 e. The Hall–Kier alpha value is -1.53. The molecule has 436 valence electrons. The lowest BCUT2D eigenvalue weighted by Gasteiger charge is -2.46. The normalized spacial score (nSPS) is 25.3. The van der Waals surface area contributed by atoms with Gasteiger partial charge in [0.25, 0.3) is 0 Å². The van der Waals surface area contributed by atoms with Gasteiger partial charge in [-0.2, -0.15) is 0 Å². The van der Waals surface area contributed by atoms with E-state index < -0.39 is 86.8 Å². The molecule has 0 aromatic carbocycles. The van der Waals surface area contributed by atoms with Crippen molar-refractivity contribution in [3.05, 3.63) is 24.3 Å². The summed E-state index contributed by atoms with van der Waals surface area (Å²) in [6, 6.07) is -0.926. The molecule has 9 N–H and O–H groups in total. The van der Waals surface area contributed by atoms with Crippen LogP contribution in [0.1, 0.15) is 258 Å². The van der Waals surface area contributed by atoms with Crippen LogP contribution in [0.15, 0.2) is 24.3 Å². The van der Waals surface area contributed by atoms with Crippen LogP contribution in [-0.4, -0.2) is 140 Å². The highest BCUT2D eigenvalue weighted by Crippen LogP contribution is 2.30. The zero-order valence-electron chi connectivity index (χ0n) is 46.8. The highest BCUT2D eigenvalue weighted by Gasteiger charge is 2.51. The monoisotopic (exact) mass is 1060 g/mol. The van der Waals surface area contributed by atoms with E-state index in [2.05, 4.69) is 31.3 Å². The first-order chi connectivity index (χ1) is 36.1. The van der Waals surface area contributed by atoms with Crippen molar-refractivity contribution >= 4 is 5.91 Å². The molecule has 74 heavy (non-hydrogen) atoms. The second-order valence-electron chi connectivity index (χ2n) is 21.8. The molecule has 14 heteroatoms. The summed E-state index contributed by atoms with van der Waals surface area (Å²) in [5, 5.41) is 86.9. The Morgan fingerprint density at radius 2 is 0.865 bits per heavy atom. The molecule has 2 fully saturated rings. The number of aliphatic hydroxyl groups excluding tert-OH is 8. The molecule has 12 atom stereocenters. The Balaban J connectivity index is 1.67. The van der Waals surface area contributed by atoms with E-state index >= 15 is 0 Å². The maximum atomic E-state index is 13.2. The van der Waals surface area contributed by atoms with E-state index in [9.17, 15) is 45.6 Å². The van der Waals surface area contributed by atoms with Crippen LogP contribution in [-0.2, 0) is 23.7 Å². The van der Waals surface area contributed by atoms with Crippen LogP contribution < -0.4 is 5.32 Å². The number of hydrogen-bond acceptors (Lipinski definition) is 13. The van der Waals surface area contributed by atoms with Crippen LogP contribution in [0.3, 0.4) is 0 Å². The van der Waals surface area contributed by atoms with Crippen LogP contribution in [0, 0.1) is 0 Å². The predicted octanol–water partition coefficient (Wildman–Crippen LogP) is 10.4. The predicted molar refractivity (Wildman–Crippen MR) is 295 cm³/mol. The van der Waals surface area contributed by atoms with E-state index in [1.54, 1.807) is 6.08 Å². The fourth-order valence-electron chi connectivity index (χ4n) is 10.2. The average Bonchev–Trinajstić information content (AvgIpc) is 3.40. The standard InChI is InChI=1S/C60H113NO13/c1-3-5-7-9-11-13-15-17-18-19-20-21-22-23-24-25-26-27-28-29-30-31-32-34-36-38-40-42-44-52(65)61-48(49(64)43-41-39-37-35-33-16-14-12-10-8-6-4-2)47-71-59-57(70)55(68)58(51(46-63)73-59)74-60-56(69)54(67)53(66)50(45-62)72-60/h33,35,41,43,48-51,53-60,62-64,66-70H,3-32,34,36-40,42,44-47H2,1-2H3,(H,61,65)/b35-33+,43-41+. The second kappa shape index (κ2) is 46.4. The minimum Gasteiger partial charge on any atom is -0.394 e. The fourth-order valence-corrected chi connectivity index (χ4v) is 10.2. The van der Waals surface area contributed by atoms with Crippen LogP contribution in [0.2, 0.25) is 0 Å². The lowest BCUT2D eigenvalue weighted by molar-refractivity contribution is -0.359. The van der Waals surface area contributed by atoms with Gasteiger partial charge in [0.05, 0.1) is 32.0 Å². The third-order valence-corrected chi connectivity index (χ3v) is 15.1. The molecule has 1 amide bonds. The number of amides is 1. The van der Waals surface area contributed by atoms with Crippen LogP contribution in [0.5, 0.6) is 0 Å². The van der Waals surface area contributed by atoms with Crippen molar-refractivity contribution in [2.45, 2.75) is 331 Å². The number of hydrogen-bond donors (Lipinski definition) is 9. The van der Waals surface area contributed by atoms with Crippen molar-refractivity contribution in [2.75, 3.05) is 19.8 Å². The number of allylic oxidation sites excluding steroid dienone is 3. The average molecular weight is 1060 g/mol. The summed E-state index contributed by atoms with van der Waals surface area (Å²) >= 11 is 0. The van der Waals surface area contributed by atoms with Crippen molar-refractivity contribution in [2.24, 2.45) is 0 Å². The molecule has 0 spiro atoms. The van der Waals surface area contributed by atoms with E-state index in [0.717, 1.165) is 32.1 Å². The molecule has 0 aliphatic carbocycles. The molecule has 2 aliphatic rings. The van der Waals surface area contributed by atoms with E-state index in [0.29, 0.717) is 12.8 Å². The Labute approximate surface area is 449 Å². The summed E-state index contributed by atoms with van der Waals surface area (Å²) in [5.41, 5.74) is 0. The van der Waals surface area contributed by atoms with Crippen molar-refractivity contribution in [1.29, 1.82) is 0 Å². The first-order valence-electron chi connectivity index (χ1n) is 30.6. The molecule has 12 unspecified atom stereocenters. The molecule has 2 heterocycles. The van der Waals surface area contributed by atoms with E-state index in [1.165, 1.54) is 193 Å². The molecule has 0 aromatic heterocycles. The lowest BCUT2D eigenvalue weighted by atomic mass is 9.97. The Morgan fingerprint density at radius 3 is 1.32 bits per heavy atom. The second-order valence-corrected chi connectivity index (χ2v) is 21.8. The minimum atomic E-state index is -1.79. The van der Waals surface area contributed by atoms with Gasteiger partial charge < -0.3 is 65.1 Å². The highest BCUT2D eigenvalue weighted by atomic mass is 16.7. The quantitative estimate of drug-likeness (QED) is 0.0204. The van der Waals surface area contributed by atoms with Gasteiger partial charge in [0.1, 0.15) is 48.8 Å². The number of nitrogens with one attached hydrogen (secondary N) is 1. The molecule has 0 radical (unpaired) electrons. The van der Waals surface area contributed by atoms with Crippen molar-refractivity contribution in [1.82, 2.24) is 5.32 Å². The summed E-state index contributed by atoms with van der Waals surface area (Å²) in [6.07, 6.45) is 38.2. The SMILES string of the molecule is CCCCCCCC/C=C/CC/C=C/C(O)C(COC1OC(CO)C(OC2OC(CO)C(O)C(O)C2O)C(O)C1O)NC(=O)CCCCCCCCCCCCCCCCCCCCCCCCCCCCCC. The van der Waals surface area contributed by atoms with Gasteiger partial charge in [0.15, 0.2) is 12.6 Å². The number of unbranched alkanes of at least 4 members (excludes halogenated alkanes) is 34. The summed E-state index contributed by atoms with van der Waals surface area (Å²) < 4.78 is 22.7. The van der Waals surface area contributed by atoms with Gasteiger partial charge in [-0.15, -0.1) is 0 Å². The molecule has 2 saturated heterocycles. The fraction of sp³-hybridized carbons (Fsp3) is 0.917. The zero-order chi connectivity index (χ0) is 53.9. The third kappa shape index (κ3) is 31.8. The molecule has 0 bridgehead atoms. The van der Waals surface area contributed by atoms with Gasteiger partial charge in [0, 0.05) is 6.42 Å². The maximum Gasteiger partial charge on any atom is 0.220 e. The molecular weight excluding hydrogens is 943 g/mol. The summed E-state index contributed by atoms with van der Waals surface area (Å²) in [4.78, 5) is 13.2. The van der Waals surface area contributed by atoms with Crippen LogP contribution >= 0.6 is 0 Å². The van der Waals surface area contributed by atoms with Crippen molar-refractivity contribution < 1.29 is 64.6 Å². The van der Waals surface area contributed by atoms with Crippen molar-refractivity contribution in [3.63, 3.8) is 0 Å².